The minimum Gasteiger partial charge on any atom is -0.372 e. The molecule has 0 saturated carbocycles. The zero-order valence-corrected chi connectivity index (χ0v) is 10.7. The summed E-state index contributed by atoms with van der Waals surface area (Å²) in [6.45, 7) is 2.46. The molecule has 2 N–H and O–H groups in total. The van der Waals surface area contributed by atoms with E-state index in [0.29, 0.717) is 19.5 Å². The lowest BCUT2D eigenvalue weighted by Crippen LogP contribution is -2.40. The highest BCUT2D eigenvalue weighted by Gasteiger charge is 2.23. The molecule has 1 aromatic carbocycles. The molecule has 1 unspecified atom stereocenters. The summed E-state index contributed by atoms with van der Waals surface area (Å²) in [5.74, 6) is -0.692. The fraction of sp³-hybridized carbons (Fsp3) is 0.462. The molecule has 0 bridgehead atoms. The first-order chi connectivity index (χ1) is 8.61. The number of carbonyl (C=O) groups excluding carboxylic acids is 1. The minimum absolute atomic E-state index is 0.264. The zero-order chi connectivity index (χ0) is 13.5. The summed E-state index contributed by atoms with van der Waals surface area (Å²) in [6, 6.07) is 6.18. The molecule has 0 aliphatic carbocycles. The van der Waals surface area contributed by atoms with Crippen LogP contribution in [0.5, 0.6) is 0 Å². The van der Waals surface area contributed by atoms with E-state index in [1.54, 1.807) is 25.1 Å². The highest BCUT2D eigenvalue weighted by molar-refractivity contribution is 5.96. The number of nitrogens with zero attached hydrogens (tertiary/aromatic N) is 1. The highest BCUT2D eigenvalue weighted by Crippen LogP contribution is 2.20. The lowest BCUT2D eigenvalue weighted by molar-refractivity contribution is -0.127. The Morgan fingerprint density at radius 2 is 2.17 bits per heavy atom. The first-order valence-corrected chi connectivity index (χ1v) is 5.90. The number of carbonyl (C=O) groups is 1. The lowest BCUT2D eigenvalue weighted by Gasteiger charge is -2.25. The van der Waals surface area contributed by atoms with Crippen molar-refractivity contribution in [1.82, 2.24) is 0 Å². The van der Waals surface area contributed by atoms with Crippen LogP contribution in [0.25, 0.3) is 0 Å². The third kappa shape index (κ3) is 3.51. The van der Waals surface area contributed by atoms with Gasteiger partial charge in [0.05, 0.1) is 5.69 Å². The topological polar surface area (TPSA) is 55.6 Å². The minimum atomic E-state index is -0.609. The Morgan fingerprint density at radius 1 is 1.50 bits per heavy atom. The molecule has 0 saturated heterocycles. The molecular formula is C13H19FN2O2. The van der Waals surface area contributed by atoms with Crippen molar-refractivity contribution in [2.75, 3.05) is 25.1 Å². The van der Waals surface area contributed by atoms with Gasteiger partial charge in [0.25, 0.3) is 5.91 Å². The number of rotatable bonds is 6. The molecule has 1 aromatic rings. The Hall–Kier alpha value is -1.46. The van der Waals surface area contributed by atoms with Crippen LogP contribution in [0.3, 0.4) is 0 Å². The Labute approximate surface area is 107 Å². The number of hydrogen-bond acceptors (Lipinski definition) is 3. The van der Waals surface area contributed by atoms with E-state index in [0.717, 1.165) is 0 Å². The number of amides is 1. The van der Waals surface area contributed by atoms with Gasteiger partial charge >= 0.3 is 0 Å². The third-order valence-corrected chi connectivity index (χ3v) is 2.70. The van der Waals surface area contributed by atoms with E-state index in [1.807, 2.05) is 0 Å². The molecule has 1 rings (SSSR count). The molecule has 0 radical (unpaired) electrons. The number of methoxy groups -OCH3 is 1. The zero-order valence-electron chi connectivity index (χ0n) is 10.7. The third-order valence-electron chi connectivity index (χ3n) is 2.70. The van der Waals surface area contributed by atoms with Gasteiger partial charge in [-0.3, -0.25) is 4.79 Å². The van der Waals surface area contributed by atoms with E-state index < -0.39 is 11.9 Å². The summed E-state index contributed by atoms with van der Waals surface area (Å²) in [5, 5.41) is 0. The molecule has 0 aromatic heterocycles. The van der Waals surface area contributed by atoms with Crippen molar-refractivity contribution in [1.29, 1.82) is 0 Å². The highest BCUT2D eigenvalue weighted by atomic mass is 19.1. The molecule has 0 spiro atoms. The van der Waals surface area contributed by atoms with Crippen molar-refractivity contribution in [3.8, 4) is 0 Å². The summed E-state index contributed by atoms with van der Waals surface area (Å²) in [5.41, 5.74) is 5.70. The van der Waals surface area contributed by atoms with E-state index in [-0.39, 0.29) is 11.6 Å². The van der Waals surface area contributed by atoms with Gasteiger partial charge < -0.3 is 15.4 Å². The summed E-state index contributed by atoms with van der Waals surface area (Å²) >= 11 is 0. The summed E-state index contributed by atoms with van der Waals surface area (Å²) in [6.07, 6.45) is -0.00126. The maximum atomic E-state index is 13.7. The van der Waals surface area contributed by atoms with E-state index in [2.05, 4.69) is 0 Å². The molecule has 0 fully saturated rings. The lowest BCUT2D eigenvalue weighted by atomic mass is 10.2. The summed E-state index contributed by atoms with van der Waals surface area (Å²) in [7, 11) is 1.45. The van der Waals surface area contributed by atoms with Crippen LogP contribution in [0.4, 0.5) is 10.1 Å². The molecule has 1 atom stereocenters. The van der Waals surface area contributed by atoms with Crippen molar-refractivity contribution in [3.63, 3.8) is 0 Å². The quantitative estimate of drug-likeness (QED) is 0.837. The first kappa shape index (κ1) is 14.6. The van der Waals surface area contributed by atoms with E-state index >= 15 is 0 Å². The molecule has 0 aliphatic heterocycles. The average Bonchev–Trinajstić information content (AvgIpc) is 2.39. The molecular weight excluding hydrogens is 235 g/mol. The van der Waals surface area contributed by atoms with E-state index in [9.17, 15) is 9.18 Å². The summed E-state index contributed by atoms with van der Waals surface area (Å²) < 4.78 is 18.7. The van der Waals surface area contributed by atoms with Gasteiger partial charge in [-0.1, -0.05) is 12.1 Å². The van der Waals surface area contributed by atoms with Gasteiger partial charge in [-0.2, -0.15) is 0 Å². The number of para-hydroxylation sites is 1. The second kappa shape index (κ2) is 7.08. The molecule has 0 heterocycles. The van der Waals surface area contributed by atoms with Crippen molar-refractivity contribution < 1.29 is 13.9 Å². The van der Waals surface area contributed by atoms with Gasteiger partial charge in [0.1, 0.15) is 11.9 Å². The van der Waals surface area contributed by atoms with Crippen molar-refractivity contribution in [2.45, 2.75) is 19.4 Å². The van der Waals surface area contributed by atoms with Crippen LogP contribution in [-0.4, -0.2) is 32.2 Å². The molecule has 18 heavy (non-hydrogen) atoms. The van der Waals surface area contributed by atoms with Crippen LogP contribution in [0.15, 0.2) is 24.3 Å². The first-order valence-electron chi connectivity index (χ1n) is 5.90. The number of ether oxygens (including phenoxy) is 1. The molecule has 5 heteroatoms. The Bertz CT molecular complexity index is 398. The van der Waals surface area contributed by atoms with Gasteiger partial charge in [-0.25, -0.2) is 4.39 Å². The van der Waals surface area contributed by atoms with Gasteiger partial charge in [0.15, 0.2) is 0 Å². The van der Waals surface area contributed by atoms with Crippen LogP contribution in [0.1, 0.15) is 13.3 Å². The van der Waals surface area contributed by atoms with Gasteiger partial charge in [-0.05, 0) is 32.0 Å². The normalized spacial score (nSPS) is 12.2. The number of benzene rings is 1. The second-order valence-electron chi connectivity index (χ2n) is 3.96. The Kier molecular flexibility index (Phi) is 5.74. The Balaban J connectivity index is 2.98. The summed E-state index contributed by atoms with van der Waals surface area (Å²) in [4.78, 5) is 13.5. The fourth-order valence-electron chi connectivity index (χ4n) is 1.59. The maximum absolute atomic E-state index is 13.7. The van der Waals surface area contributed by atoms with Crippen LogP contribution in [0.2, 0.25) is 0 Å². The SMILES string of the molecule is COC(C)C(=O)N(CCCN)c1ccccc1F. The number of halogens is 1. The van der Waals surface area contributed by atoms with E-state index in [1.165, 1.54) is 18.1 Å². The number of nitrogens with two attached hydrogens (primary N) is 1. The van der Waals surface area contributed by atoms with Gasteiger partial charge in [-0.15, -0.1) is 0 Å². The number of hydrogen-bond donors (Lipinski definition) is 1. The fourth-order valence-corrected chi connectivity index (χ4v) is 1.59. The molecule has 100 valence electrons. The molecule has 4 nitrogen and oxygen atoms in total. The number of anilines is 1. The van der Waals surface area contributed by atoms with Crippen LogP contribution >= 0.6 is 0 Å². The molecule has 0 aliphatic rings. The standard InChI is InChI=1S/C13H19FN2O2/c1-10(18-2)13(17)16(9-5-8-15)12-7-4-3-6-11(12)14/h3-4,6-7,10H,5,8-9,15H2,1-2H3. The second-order valence-corrected chi connectivity index (χ2v) is 3.96. The van der Waals surface area contributed by atoms with Gasteiger partial charge in [0.2, 0.25) is 0 Å². The van der Waals surface area contributed by atoms with E-state index in [4.69, 9.17) is 10.5 Å². The smallest absolute Gasteiger partial charge is 0.255 e. The molecule has 1 amide bonds. The predicted molar refractivity (Wildman–Crippen MR) is 68.9 cm³/mol. The van der Waals surface area contributed by atoms with Gasteiger partial charge in [0, 0.05) is 13.7 Å². The van der Waals surface area contributed by atoms with Crippen molar-refractivity contribution >= 4 is 11.6 Å². The van der Waals surface area contributed by atoms with Crippen LogP contribution in [-0.2, 0) is 9.53 Å². The van der Waals surface area contributed by atoms with Crippen LogP contribution in [0, 0.1) is 5.82 Å². The predicted octanol–water partition coefficient (Wildman–Crippen LogP) is 1.54. The van der Waals surface area contributed by atoms with Crippen molar-refractivity contribution in [3.05, 3.63) is 30.1 Å². The van der Waals surface area contributed by atoms with Crippen LogP contribution < -0.4 is 10.6 Å². The largest absolute Gasteiger partial charge is 0.372 e. The Morgan fingerprint density at radius 3 is 2.72 bits per heavy atom. The maximum Gasteiger partial charge on any atom is 0.255 e. The average molecular weight is 254 g/mol. The van der Waals surface area contributed by atoms with Crippen molar-refractivity contribution in [2.24, 2.45) is 5.73 Å². The monoisotopic (exact) mass is 254 g/mol.